The molecule has 0 aliphatic carbocycles. The van der Waals surface area contributed by atoms with Crippen LogP contribution in [0.1, 0.15) is 6.42 Å². The Morgan fingerprint density at radius 1 is 1.07 bits per heavy atom. The summed E-state index contributed by atoms with van der Waals surface area (Å²) >= 11 is 0. The lowest BCUT2D eigenvalue weighted by atomic mass is 10.2. The van der Waals surface area contributed by atoms with Crippen molar-refractivity contribution in [1.29, 1.82) is 0 Å². The molecule has 28 heavy (non-hydrogen) atoms. The van der Waals surface area contributed by atoms with Gasteiger partial charge in [0.2, 0.25) is 5.91 Å². The first-order chi connectivity index (χ1) is 13.7. The van der Waals surface area contributed by atoms with E-state index in [0.29, 0.717) is 26.1 Å². The zero-order chi connectivity index (χ0) is 19.5. The molecule has 0 bridgehead atoms. The van der Waals surface area contributed by atoms with Gasteiger partial charge in [-0.2, -0.15) is 0 Å². The third-order valence-corrected chi connectivity index (χ3v) is 5.36. The van der Waals surface area contributed by atoms with Gasteiger partial charge in [-0.25, -0.2) is 4.39 Å². The zero-order valence-corrected chi connectivity index (χ0v) is 16.0. The van der Waals surface area contributed by atoms with Crippen LogP contribution in [-0.4, -0.2) is 48.7 Å². The largest absolute Gasteiger partial charge is 0.495 e. The molecule has 0 spiro atoms. The minimum absolute atomic E-state index is 0.137. The number of para-hydroxylation sites is 2. The number of nitrogens with zero attached hydrogens (tertiary/aromatic N) is 3. The standard InChI is InChI=1S/C22H24FN3O2/c1-28-21-5-3-2-4-19(21)25-12-14-26(15-13-25)22(27)9-11-24-10-8-17-6-7-18(23)16-20(17)24/h2-8,10,16H,9,11-15H2,1H3. The number of rotatable bonds is 5. The number of aryl methyl sites for hydroxylation is 1. The maximum Gasteiger partial charge on any atom is 0.224 e. The molecule has 1 aromatic heterocycles. The Morgan fingerprint density at radius 3 is 2.64 bits per heavy atom. The summed E-state index contributed by atoms with van der Waals surface area (Å²) in [6, 6.07) is 14.7. The molecule has 146 valence electrons. The fourth-order valence-corrected chi connectivity index (χ4v) is 3.81. The molecule has 6 heteroatoms. The van der Waals surface area contributed by atoms with Gasteiger partial charge in [0.1, 0.15) is 11.6 Å². The lowest BCUT2D eigenvalue weighted by Gasteiger charge is -2.36. The van der Waals surface area contributed by atoms with Gasteiger partial charge in [0.25, 0.3) is 0 Å². The number of fused-ring (bicyclic) bond motifs is 1. The lowest BCUT2D eigenvalue weighted by molar-refractivity contribution is -0.131. The van der Waals surface area contributed by atoms with Gasteiger partial charge >= 0.3 is 0 Å². The Hall–Kier alpha value is -3.02. The number of piperazine rings is 1. The summed E-state index contributed by atoms with van der Waals surface area (Å²) in [5.74, 6) is 0.734. The molecule has 0 N–H and O–H groups in total. The number of ether oxygens (including phenoxy) is 1. The van der Waals surface area contributed by atoms with Crippen molar-refractivity contribution in [1.82, 2.24) is 9.47 Å². The first-order valence-electron chi connectivity index (χ1n) is 9.56. The predicted molar refractivity (Wildman–Crippen MR) is 108 cm³/mol. The van der Waals surface area contributed by atoms with Gasteiger partial charge in [0.15, 0.2) is 0 Å². The molecule has 0 unspecified atom stereocenters. The first-order valence-corrected chi connectivity index (χ1v) is 9.56. The zero-order valence-electron chi connectivity index (χ0n) is 16.0. The average Bonchev–Trinajstić information content (AvgIpc) is 3.14. The molecular formula is C22H24FN3O2. The molecule has 3 aromatic rings. The summed E-state index contributed by atoms with van der Waals surface area (Å²) in [5.41, 5.74) is 1.90. The van der Waals surface area contributed by atoms with Crippen LogP contribution in [0.15, 0.2) is 54.7 Å². The highest BCUT2D eigenvalue weighted by molar-refractivity contribution is 5.81. The Labute approximate surface area is 163 Å². The van der Waals surface area contributed by atoms with Gasteiger partial charge in [0, 0.05) is 45.3 Å². The van der Waals surface area contributed by atoms with Crippen LogP contribution in [0.2, 0.25) is 0 Å². The Morgan fingerprint density at radius 2 is 1.86 bits per heavy atom. The highest BCUT2D eigenvalue weighted by atomic mass is 19.1. The molecule has 4 rings (SSSR count). The Bertz CT molecular complexity index is 977. The second-order valence-corrected chi connectivity index (χ2v) is 7.00. The van der Waals surface area contributed by atoms with E-state index in [4.69, 9.17) is 4.74 Å². The number of benzene rings is 2. The molecule has 1 amide bonds. The number of methoxy groups -OCH3 is 1. The number of halogens is 1. The van der Waals surface area contributed by atoms with Crippen LogP contribution in [0.3, 0.4) is 0 Å². The van der Waals surface area contributed by atoms with Crippen LogP contribution in [0.5, 0.6) is 5.75 Å². The highest BCUT2D eigenvalue weighted by Crippen LogP contribution is 2.28. The number of carbonyl (C=O) groups excluding carboxylic acids is 1. The van der Waals surface area contributed by atoms with Gasteiger partial charge in [-0.05, 0) is 41.8 Å². The van der Waals surface area contributed by atoms with E-state index in [1.165, 1.54) is 12.1 Å². The molecule has 5 nitrogen and oxygen atoms in total. The monoisotopic (exact) mass is 381 g/mol. The highest BCUT2D eigenvalue weighted by Gasteiger charge is 2.22. The topological polar surface area (TPSA) is 37.7 Å². The SMILES string of the molecule is COc1ccccc1N1CCN(C(=O)CCn2ccc3ccc(F)cc32)CC1. The van der Waals surface area contributed by atoms with Crippen LogP contribution < -0.4 is 9.64 Å². The maximum absolute atomic E-state index is 13.5. The second kappa shape index (κ2) is 7.92. The van der Waals surface area contributed by atoms with Crippen LogP contribution in [0.4, 0.5) is 10.1 Å². The molecule has 2 aromatic carbocycles. The minimum Gasteiger partial charge on any atom is -0.495 e. The summed E-state index contributed by atoms with van der Waals surface area (Å²) in [6.07, 6.45) is 2.33. The van der Waals surface area contributed by atoms with Crippen LogP contribution in [0.25, 0.3) is 10.9 Å². The van der Waals surface area contributed by atoms with E-state index in [1.807, 2.05) is 46.0 Å². The van der Waals surface area contributed by atoms with E-state index < -0.39 is 0 Å². The summed E-state index contributed by atoms with van der Waals surface area (Å²) in [6.45, 7) is 3.50. The van der Waals surface area contributed by atoms with Crippen molar-refractivity contribution in [3.8, 4) is 5.75 Å². The second-order valence-electron chi connectivity index (χ2n) is 7.00. The first kappa shape index (κ1) is 18.3. The van der Waals surface area contributed by atoms with Crippen LogP contribution >= 0.6 is 0 Å². The van der Waals surface area contributed by atoms with E-state index >= 15 is 0 Å². The fraction of sp³-hybridized carbons (Fsp3) is 0.318. The van der Waals surface area contributed by atoms with Gasteiger partial charge in [0.05, 0.1) is 18.3 Å². The number of hydrogen-bond acceptors (Lipinski definition) is 3. The van der Waals surface area contributed by atoms with Crippen molar-refractivity contribution in [2.45, 2.75) is 13.0 Å². The Kier molecular flexibility index (Phi) is 5.19. The summed E-state index contributed by atoms with van der Waals surface area (Å²) in [5, 5.41) is 0.985. The van der Waals surface area contributed by atoms with E-state index in [-0.39, 0.29) is 11.7 Å². The van der Waals surface area contributed by atoms with E-state index in [9.17, 15) is 9.18 Å². The lowest BCUT2D eigenvalue weighted by Crippen LogP contribution is -2.49. The van der Waals surface area contributed by atoms with Gasteiger partial charge in [-0.15, -0.1) is 0 Å². The smallest absolute Gasteiger partial charge is 0.224 e. The molecule has 1 saturated heterocycles. The number of anilines is 1. The number of hydrogen-bond donors (Lipinski definition) is 0. The molecular weight excluding hydrogens is 357 g/mol. The van der Waals surface area contributed by atoms with Crippen LogP contribution in [0, 0.1) is 5.82 Å². The molecule has 2 heterocycles. The van der Waals surface area contributed by atoms with Crippen LogP contribution in [-0.2, 0) is 11.3 Å². The van der Waals surface area contributed by atoms with E-state index in [1.54, 1.807) is 13.2 Å². The molecule has 0 saturated carbocycles. The average molecular weight is 381 g/mol. The van der Waals surface area contributed by atoms with E-state index in [2.05, 4.69) is 4.90 Å². The quantitative estimate of drug-likeness (QED) is 0.679. The number of carbonyl (C=O) groups is 1. The fourth-order valence-electron chi connectivity index (χ4n) is 3.81. The predicted octanol–water partition coefficient (Wildman–Crippen LogP) is 3.53. The molecule has 1 aliphatic rings. The summed E-state index contributed by atoms with van der Waals surface area (Å²) in [7, 11) is 1.68. The molecule has 1 fully saturated rings. The van der Waals surface area contributed by atoms with Crippen molar-refractivity contribution < 1.29 is 13.9 Å². The molecule has 0 atom stereocenters. The molecule has 1 aliphatic heterocycles. The Balaban J connectivity index is 1.34. The third kappa shape index (κ3) is 3.67. The van der Waals surface area contributed by atoms with Crippen molar-refractivity contribution >= 4 is 22.5 Å². The minimum atomic E-state index is -0.258. The van der Waals surface area contributed by atoms with Crippen molar-refractivity contribution in [3.63, 3.8) is 0 Å². The van der Waals surface area contributed by atoms with Crippen molar-refractivity contribution in [2.24, 2.45) is 0 Å². The third-order valence-electron chi connectivity index (χ3n) is 5.36. The van der Waals surface area contributed by atoms with Gasteiger partial charge in [-0.3, -0.25) is 4.79 Å². The normalized spacial score (nSPS) is 14.5. The maximum atomic E-state index is 13.5. The van der Waals surface area contributed by atoms with Gasteiger partial charge in [-0.1, -0.05) is 12.1 Å². The summed E-state index contributed by atoms with van der Waals surface area (Å²) < 4.78 is 20.9. The number of amides is 1. The molecule has 0 radical (unpaired) electrons. The van der Waals surface area contributed by atoms with E-state index in [0.717, 1.165) is 35.4 Å². The number of aromatic nitrogens is 1. The summed E-state index contributed by atoms with van der Waals surface area (Å²) in [4.78, 5) is 16.8. The van der Waals surface area contributed by atoms with Crippen molar-refractivity contribution in [2.75, 3.05) is 38.2 Å². The van der Waals surface area contributed by atoms with Gasteiger partial charge < -0.3 is 19.1 Å². The van der Waals surface area contributed by atoms with Crippen molar-refractivity contribution in [3.05, 3.63) is 60.5 Å².